The zero-order valence-corrected chi connectivity index (χ0v) is 11.3. The van der Waals surface area contributed by atoms with E-state index < -0.39 is 6.10 Å². The monoisotopic (exact) mass is 310 g/mol. The van der Waals surface area contributed by atoms with Gasteiger partial charge < -0.3 is 9.84 Å². The van der Waals surface area contributed by atoms with E-state index in [1.807, 2.05) is 12.1 Å². The molecule has 0 saturated heterocycles. The van der Waals surface area contributed by atoms with Crippen LogP contribution in [0.1, 0.15) is 18.6 Å². The van der Waals surface area contributed by atoms with Crippen LogP contribution in [0.25, 0.3) is 0 Å². The topological polar surface area (TPSA) is 29.5 Å². The molecule has 2 aromatic rings. The van der Waals surface area contributed by atoms with E-state index in [0.29, 0.717) is 21.5 Å². The molecule has 2 rings (SSSR count). The number of benzene rings is 2. The molecule has 0 aliphatic heterocycles. The minimum atomic E-state index is -0.620. The van der Waals surface area contributed by atoms with Gasteiger partial charge in [0.25, 0.3) is 0 Å². The Bertz CT molecular complexity index is 555. The third-order valence-electron chi connectivity index (χ3n) is 2.49. The quantitative estimate of drug-likeness (QED) is 0.908. The second kappa shape index (κ2) is 5.50. The third kappa shape index (κ3) is 2.89. The average molecular weight is 311 g/mol. The SMILES string of the molecule is C[C@@H](O)c1ccccc1Oc1ccc(F)c(Br)c1. The number of rotatable bonds is 3. The second-order valence-corrected chi connectivity index (χ2v) is 4.75. The van der Waals surface area contributed by atoms with Crippen molar-refractivity contribution in [3.8, 4) is 11.5 Å². The van der Waals surface area contributed by atoms with E-state index in [-0.39, 0.29) is 5.82 Å². The molecule has 0 amide bonds. The Morgan fingerprint density at radius 1 is 1.22 bits per heavy atom. The molecule has 2 nitrogen and oxygen atoms in total. The van der Waals surface area contributed by atoms with Crippen LogP contribution in [-0.4, -0.2) is 5.11 Å². The number of ether oxygens (including phenoxy) is 1. The summed E-state index contributed by atoms with van der Waals surface area (Å²) in [4.78, 5) is 0. The fraction of sp³-hybridized carbons (Fsp3) is 0.143. The van der Waals surface area contributed by atoms with Gasteiger partial charge in [-0.15, -0.1) is 0 Å². The molecule has 0 aliphatic rings. The first-order valence-corrected chi connectivity index (χ1v) is 6.27. The van der Waals surface area contributed by atoms with Crippen LogP contribution in [0.2, 0.25) is 0 Å². The van der Waals surface area contributed by atoms with E-state index in [1.54, 1.807) is 31.2 Å². The van der Waals surface area contributed by atoms with E-state index in [1.165, 1.54) is 6.07 Å². The highest BCUT2D eigenvalue weighted by atomic mass is 79.9. The average Bonchev–Trinajstić information content (AvgIpc) is 2.34. The van der Waals surface area contributed by atoms with E-state index in [4.69, 9.17) is 4.74 Å². The standard InChI is InChI=1S/C14H12BrFO2/c1-9(17)11-4-2-3-5-14(11)18-10-6-7-13(16)12(15)8-10/h2-9,17H,1H3/t9-/m1/s1. The molecule has 0 spiro atoms. The van der Waals surface area contributed by atoms with Crippen molar-refractivity contribution >= 4 is 15.9 Å². The molecule has 0 unspecified atom stereocenters. The van der Waals surface area contributed by atoms with Gasteiger partial charge >= 0.3 is 0 Å². The Balaban J connectivity index is 2.31. The molecule has 0 aromatic heterocycles. The lowest BCUT2D eigenvalue weighted by molar-refractivity contribution is 0.195. The first kappa shape index (κ1) is 13.1. The van der Waals surface area contributed by atoms with Gasteiger partial charge in [-0.1, -0.05) is 18.2 Å². The van der Waals surface area contributed by atoms with Gasteiger partial charge in [0.05, 0.1) is 10.6 Å². The zero-order valence-electron chi connectivity index (χ0n) is 9.73. The van der Waals surface area contributed by atoms with Gasteiger partial charge in [0, 0.05) is 5.56 Å². The summed E-state index contributed by atoms with van der Waals surface area (Å²) in [5.74, 6) is 0.730. The Labute approximate surface area is 113 Å². The zero-order chi connectivity index (χ0) is 13.1. The number of hydrogen-bond acceptors (Lipinski definition) is 2. The molecule has 0 aliphatic carbocycles. The van der Waals surface area contributed by atoms with Gasteiger partial charge in [-0.25, -0.2) is 4.39 Å². The molecule has 1 atom stereocenters. The fourth-order valence-corrected chi connectivity index (χ4v) is 1.94. The van der Waals surface area contributed by atoms with Crippen molar-refractivity contribution in [1.29, 1.82) is 0 Å². The lowest BCUT2D eigenvalue weighted by Gasteiger charge is -2.13. The first-order valence-electron chi connectivity index (χ1n) is 5.48. The van der Waals surface area contributed by atoms with E-state index in [2.05, 4.69) is 15.9 Å². The normalized spacial score (nSPS) is 12.2. The Morgan fingerprint density at radius 3 is 2.61 bits per heavy atom. The number of para-hydroxylation sites is 1. The summed E-state index contributed by atoms with van der Waals surface area (Å²) in [7, 11) is 0. The van der Waals surface area contributed by atoms with Crippen LogP contribution in [0.15, 0.2) is 46.9 Å². The van der Waals surface area contributed by atoms with Crippen LogP contribution in [0.4, 0.5) is 4.39 Å². The minimum Gasteiger partial charge on any atom is -0.457 e. The van der Waals surface area contributed by atoms with E-state index in [9.17, 15) is 9.50 Å². The maximum Gasteiger partial charge on any atom is 0.137 e. The van der Waals surface area contributed by atoms with Crippen molar-refractivity contribution in [2.75, 3.05) is 0 Å². The van der Waals surface area contributed by atoms with Crippen molar-refractivity contribution in [3.05, 3.63) is 58.3 Å². The van der Waals surface area contributed by atoms with Crippen LogP contribution in [0.5, 0.6) is 11.5 Å². The Hall–Kier alpha value is -1.39. The predicted octanol–water partition coefficient (Wildman–Crippen LogP) is 4.43. The van der Waals surface area contributed by atoms with Gasteiger partial charge in [0.15, 0.2) is 0 Å². The van der Waals surface area contributed by atoms with Gasteiger partial charge in [0.1, 0.15) is 17.3 Å². The summed E-state index contributed by atoms with van der Waals surface area (Å²) in [5.41, 5.74) is 0.693. The lowest BCUT2D eigenvalue weighted by atomic mass is 10.1. The minimum absolute atomic E-state index is 0.342. The van der Waals surface area contributed by atoms with Crippen LogP contribution >= 0.6 is 15.9 Å². The van der Waals surface area contributed by atoms with Crippen molar-refractivity contribution in [2.24, 2.45) is 0 Å². The molecule has 0 radical (unpaired) electrons. The molecular weight excluding hydrogens is 299 g/mol. The third-order valence-corrected chi connectivity index (χ3v) is 3.10. The summed E-state index contributed by atoms with van der Waals surface area (Å²) < 4.78 is 19.1. The fourth-order valence-electron chi connectivity index (χ4n) is 1.59. The van der Waals surface area contributed by atoms with Crippen LogP contribution in [0.3, 0.4) is 0 Å². The molecule has 0 fully saturated rings. The van der Waals surface area contributed by atoms with E-state index >= 15 is 0 Å². The summed E-state index contributed by atoms with van der Waals surface area (Å²) >= 11 is 3.10. The van der Waals surface area contributed by atoms with Crippen LogP contribution in [-0.2, 0) is 0 Å². The second-order valence-electron chi connectivity index (χ2n) is 3.89. The Kier molecular flexibility index (Phi) is 3.99. The molecule has 2 aromatic carbocycles. The maximum atomic E-state index is 13.1. The smallest absolute Gasteiger partial charge is 0.137 e. The predicted molar refractivity (Wildman–Crippen MR) is 71.2 cm³/mol. The molecule has 0 bridgehead atoms. The van der Waals surface area contributed by atoms with Crippen molar-refractivity contribution in [1.82, 2.24) is 0 Å². The van der Waals surface area contributed by atoms with Crippen molar-refractivity contribution in [3.63, 3.8) is 0 Å². The molecule has 4 heteroatoms. The number of aliphatic hydroxyl groups is 1. The summed E-state index contributed by atoms with van der Waals surface area (Å²) in [6.45, 7) is 1.67. The van der Waals surface area contributed by atoms with Crippen LogP contribution in [0, 0.1) is 5.82 Å². The summed E-state index contributed by atoms with van der Waals surface area (Å²) in [5, 5.41) is 9.63. The molecule has 94 valence electrons. The molecule has 1 N–H and O–H groups in total. The molecule has 18 heavy (non-hydrogen) atoms. The molecule has 0 heterocycles. The lowest BCUT2D eigenvalue weighted by Crippen LogP contribution is -1.95. The first-order chi connectivity index (χ1) is 8.58. The van der Waals surface area contributed by atoms with Crippen molar-refractivity contribution in [2.45, 2.75) is 13.0 Å². The number of halogens is 2. The highest BCUT2D eigenvalue weighted by Gasteiger charge is 2.09. The highest BCUT2D eigenvalue weighted by Crippen LogP contribution is 2.31. The van der Waals surface area contributed by atoms with Gasteiger partial charge in [0.2, 0.25) is 0 Å². The maximum absolute atomic E-state index is 13.1. The summed E-state index contributed by atoms with van der Waals surface area (Å²) in [6, 6.07) is 11.6. The number of hydrogen-bond donors (Lipinski definition) is 1. The van der Waals surface area contributed by atoms with Crippen molar-refractivity contribution < 1.29 is 14.2 Å². The largest absolute Gasteiger partial charge is 0.457 e. The highest BCUT2D eigenvalue weighted by molar-refractivity contribution is 9.10. The summed E-state index contributed by atoms with van der Waals surface area (Å²) in [6.07, 6.45) is -0.620. The number of aliphatic hydroxyl groups excluding tert-OH is 1. The van der Waals surface area contributed by atoms with Gasteiger partial charge in [-0.3, -0.25) is 0 Å². The van der Waals surface area contributed by atoms with Gasteiger partial charge in [-0.05, 0) is 47.1 Å². The Morgan fingerprint density at radius 2 is 1.94 bits per heavy atom. The van der Waals surface area contributed by atoms with Gasteiger partial charge in [-0.2, -0.15) is 0 Å². The molecular formula is C14H12BrFO2. The molecule has 0 saturated carbocycles. The van der Waals surface area contributed by atoms with E-state index in [0.717, 1.165) is 0 Å². The van der Waals surface area contributed by atoms with Crippen LogP contribution < -0.4 is 4.74 Å².